The molecule has 8 heteroatoms. The summed E-state index contributed by atoms with van der Waals surface area (Å²) in [5, 5.41) is 0. The predicted octanol–water partition coefficient (Wildman–Crippen LogP) is 13.3. The second-order valence-corrected chi connectivity index (χ2v) is 18.4. The molecule has 0 amide bonds. The van der Waals surface area contributed by atoms with Crippen LogP contribution in [0.3, 0.4) is 0 Å². The lowest BCUT2D eigenvalue weighted by molar-refractivity contribution is -0.150. The number of esters is 3. The van der Waals surface area contributed by atoms with E-state index < -0.39 is 0 Å². The van der Waals surface area contributed by atoms with Gasteiger partial charge in [0.05, 0.1) is 19.1 Å². The van der Waals surface area contributed by atoms with Crippen LogP contribution in [0.15, 0.2) is 0 Å². The van der Waals surface area contributed by atoms with Crippen molar-refractivity contribution in [1.82, 2.24) is 9.80 Å². The number of unbranched alkanes of at least 4 members (excludes halogenated alkanes) is 16. The molecular formula is C51H98N2O6. The van der Waals surface area contributed by atoms with Crippen molar-refractivity contribution in [2.45, 2.75) is 233 Å². The molecule has 0 unspecified atom stereocenters. The van der Waals surface area contributed by atoms with E-state index in [9.17, 15) is 14.4 Å². The highest BCUT2D eigenvalue weighted by atomic mass is 16.5. The third kappa shape index (κ3) is 33.6. The van der Waals surface area contributed by atoms with Gasteiger partial charge in [-0.2, -0.15) is 0 Å². The summed E-state index contributed by atoms with van der Waals surface area (Å²) < 4.78 is 17.2. The molecule has 1 aliphatic heterocycles. The number of hydrogen-bond donors (Lipinski definition) is 0. The highest BCUT2D eigenvalue weighted by Crippen LogP contribution is 2.24. The molecule has 0 aliphatic carbocycles. The number of carbonyl (C=O) groups excluding carboxylic acids is 3. The number of rotatable bonds is 42. The minimum atomic E-state index is -0.0482. The van der Waals surface area contributed by atoms with Gasteiger partial charge in [-0.05, 0) is 57.4 Å². The molecule has 348 valence electrons. The van der Waals surface area contributed by atoms with Crippen LogP contribution < -0.4 is 0 Å². The average molecular weight is 835 g/mol. The third-order valence-corrected chi connectivity index (χ3v) is 12.9. The summed E-state index contributed by atoms with van der Waals surface area (Å²) in [6.07, 6.45) is 35.4. The Morgan fingerprint density at radius 2 is 0.797 bits per heavy atom. The molecule has 8 nitrogen and oxygen atoms in total. The lowest BCUT2D eigenvalue weighted by atomic mass is 9.92. The maximum Gasteiger partial charge on any atom is 0.308 e. The van der Waals surface area contributed by atoms with Gasteiger partial charge in [0.25, 0.3) is 0 Å². The largest absolute Gasteiger partial charge is 0.466 e. The van der Waals surface area contributed by atoms with Gasteiger partial charge in [0.2, 0.25) is 0 Å². The average Bonchev–Trinajstić information content (AvgIpc) is 3.22. The van der Waals surface area contributed by atoms with Crippen LogP contribution in [0.1, 0.15) is 233 Å². The summed E-state index contributed by atoms with van der Waals surface area (Å²) in [5.74, 6) is 1.22. The van der Waals surface area contributed by atoms with E-state index in [1.54, 1.807) is 0 Å². The molecule has 0 radical (unpaired) electrons. The summed E-state index contributed by atoms with van der Waals surface area (Å²) in [4.78, 5) is 42.9. The quantitative estimate of drug-likeness (QED) is 0.0341. The maximum atomic E-state index is 13.3. The van der Waals surface area contributed by atoms with Crippen LogP contribution in [0, 0.1) is 17.8 Å². The Bertz CT molecular complexity index is 894. The summed E-state index contributed by atoms with van der Waals surface area (Å²) in [6, 6.07) is 0. The van der Waals surface area contributed by atoms with Crippen molar-refractivity contribution < 1.29 is 28.6 Å². The highest BCUT2D eigenvalue weighted by Gasteiger charge is 2.21. The maximum absolute atomic E-state index is 13.3. The molecule has 0 bridgehead atoms. The number of nitrogens with zero attached hydrogens (tertiary/aromatic N) is 2. The van der Waals surface area contributed by atoms with Crippen LogP contribution >= 0.6 is 0 Å². The minimum absolute atomic E-state index is 0.0273. The van der Waals surface area contributed by atoms with Gasteiger partial charge in [0, 0.05) is 45.6 Å². The Morgan fingerprint density at radius 1 is 0.424 bits per heavy atom. The van der Waals surface area contributed by atoms with Gasteiger partial charge in [0.15, 0.2) is 0 Å². The summed E-state index contributed by atoms with van der Waals surface area (Å²) in [5.41, 5.74) is 0. The lowest BCUT2D eigenvalue weighted by Crippen LogP contribution is -2.45. The van der Waals surface area contributed by atoms with Crippen molar-refractivity contribution in [3.05, 3.63) is 0 Å². The molecule has 0 aromatic heterocycles. The monoisotopic (exact) mass is 835 g/mol. The normalized spacial score (nSPS) is 13.8. The Balaban J connectivity index is 2.34. The number of ether oxygens (including phenoxy) is 3. The summed E-state index contributed by atoms with van der Waals surface area (Å²) in [6.45, 7) is 15.7. The minimum Gasteiger partial charge on any atom is -0.466 e. The van der Waals surface area contributed by atoms with Crippen LogP contribution in [-0.4, -0.2) is 87.3 Å². The second kappa shape index (κ2) is 40.4. The molecule has 0 N–H and O–H groups in total. The molecule has 59 heavy (non-hydrogen) atoms. The third-order valence-electron chi connectivity index (χ3n) is 12.9. The zero-order valence-electron chi connectivity index (χ0n) is 39.9. The van der Waals surface area contributed by atoms with Crippen molar-refractivity contribution in [3.63, 3.8) is 0 Å². The van der Waals surface area contributed by atoms with Crippen molar-refractivity contribution in [2.24, 2.45) is 17.8 Å². The molecule has 1 saturated heterocycles. The Hall–Kier alpha value is -1.67. The van der Waals surface area contributed by atoms with Crippen molar-refractivity contribution in [1.29, 1.82) is 0 Å². The van der Waals surface area contributed by atoms with Crippen LogP contribution in [0.2, 0.25) is 0 Å². The van der Waals surface area contributed by atoms with E-state index in [-0.39, 0.29) is 23.8 Å². The lowest BCUT2D eigenvalue weighted by Gasteiger charge is -2.32. The topological polar surface area (TPSA) is 85.4 Å². The highest BCUT2D eigenvalue weighted by molar-refractivity contribution is 5.72. The van der Waals surface area contributed by atoms with Crippen molar-refractivity contribution in [3.8, 4) is 0 Å². The van der Waals surface area contributed by atoms with Crippen molar-refractivity contribution in [2.75, 3.05) is 59.6 Å². The fraction of sp³-hybridized carbons (Fsp3) is 0.941. The fourth-order valence-corrected chi connectivity index (χ4v) is 8.65. The van der Waals surface area contributed by atoms with Crippen LogP contribution in [0.5, 0.6) is 0 Å². The van der Waals surface area contributed by atoms with E-state index >= 15 is 0 Å². The molecule has 0 spiro atoms. The Kier molecular flexibility index (Phi) is 37.9. The first-order valence-electron chi connectivity index (χ1n) is 25.7. The number of carbonyl (C=O) groups is 3. The van der Waals surface area contributed by atoms with Crippen LogP contribution in [0.4, 0.5) is 0 Å². The zero-order chi connectivity index (χ0) is 43.0. The Labute approximate surface area is 365 Å². The van der Waals surface area contributed by atoms with Crippen LogP contribution in [-0.2, 0) is 28.6 Å². The van der Waals surface area contributed by atoms with Gasteiger partial charge in [-0.1, -0.05) is 182 Å². The van der Waals surface area contributed by atoms with Crippen molar-refractivity contribution >= 4 is 17.9 Å². The number of likely N-dealkylation sites (N-methyl/N-ethyl adjacent to an activating group) is 1. The number of hydrogen-bond acceptors (Lipinski definition) is 8. The molecule has 1 rings (SSSR count). The van der Waals surface area contributed by atoms with Gasteiger partial charge < -0.3 is 19.1 Å². The van der Waals surface area contributed by atoms with E-state index in [2.05, 4.69) is 44.5 Å². The molecule has 1 fully saturated rings. The molecule has 0 saturated carbocycles. The SMILES string of the molecule is CCCCCC(CCCCC)CCOC(=O)CCCCCCCC(CCCCCCCC(=O)OCCC(CCCCC)CCCCC)C(=O)OCCN1CCN(C)CC1. The van der Waals surface area contributed by atoms with E-state index in [1.165, 1.54) is 103 Å². The summed E-state index contributed by atoms with van der Waals surface area (Å²) >= 11 is 0. The first-order valence-corrected chi connectivity index (χ1v) is 25.7. The van der Waals surface area contributed by atoms with Gasteiger partial charge in [0.1, 0.15) is 6.61 Å². The van der Waals surface area contributed by atoms with E-state index in [0.29, 0.717) is 44.5 Å². The standard InChI is InChI=1S/C51H98N2O6/c1-6-10-20-28-46(29-21-11-7-2)36-43-57-49(54)34-26-18-14-16-24-32-48(51(56)59-45-42-53-40-38-52(5)39-41-53)33-25-17-15-19-27-35-50(55)58-44-37-47(30-22-12-8-3)31-23-13-9-4/h46-48H,6-45H2,1-5H3. The van der Waals surface area contributed by atoms with Gasteiger partial charge in [-0.15, -0.1) is 0 Å². The van der Waals surface area contributed by atoms with E-state index in [4.69, 9.17) is 14.2 Å². The number of piperazine rings is 1. The molecule has 0 aromatic rings. The molecule has 1 aliphatic rings. The second-order valence-electron chi connectivity index (χ2n) is 18.4. The van der Waals surface area contributed by atoms with Gasteiger partial charge in [-0.3, -0.25) is 19.3 Å². The first-order chi connectivity index (χ1) is 28.8. The molecule has 1 heterocycles. The predicted molar refractivity (Wildman–Crippen MR) is 248 cm³/mol. The smallest absolute Gasteiger partial charge is 0.308 e. The van der Waals surface area contributed by atoms with Gasteiger partial charge in [-0.25, -0.2) is 0 Å². The van der Waals surface area contributed by atoms with E-state index in [0.717, 1.165) is 123 Å². The molecule has 0 aromatic carbocycles. The van der Waals surface area contributed by atoms with E-state index in [1.807, 2.05) is 0 Å². The Morgan fingerprint density at radius 3 is 1.20 bits per heavy atom. The fourth-order valence-electron chi connectivity index (χ4n) is 8.65. The van der Waals surface area contributed by atoms with Crippen LogP contribution in [0.25, 0.3) is 0 Å². The molecular weight excluding hydrogens is 737 g/mol. The first kappa shape index (κ1) is 55.3. The zero-order valence-corrected chi connectivity index (χ0v) is 39.9. The summed E-state index contributed by atoms with van der Waals surface area (Å²) in [7, 11) is 2.16. The van der Waals surface area contributed by atoms with Gasteiger partial charge >= 0.3 is 17.9 Å². The molecule has 0 atom stereocenters.